The number of allylic oxidation sites excluding steroid dienone is 3. The number of hydrogen-bond donors (Lipinski definition) is 3. The third-order valence-corrected chi connectivity index (χ3v) is 0.861. The number of hydrogen-bond acceptors (Lipinski definition) is 3. The highest BCUT2D eigenvalue weighted by Gasteiger charge is 1.87. The van der Waals surface area contributed by atoms with Crippen LogP contribution in [-0.4, -0.2) is 23.5 Å². The SMILES string of the molecule is N=C/C=C(C=N)/C=C/C(=O)O. The summed E-state index contributed by atoms with van der Waals surface area (Å²) >= 11 is 0. The van der Waals surface area contributed by atoms with Crippen LogP contribution in [0.5, 0.6) is 0 Å². The molecule has 0 aromatic rings. The summed E-state index contributed by atoms with van der Waals surface area (Å²) in [7, 11) is 0. The normalized spacial score (nSPS) is 11.5. The van der Waals surface area contributed by atoms with Gasteiger partial charge in [0.25, 0.3) is 0 Å². The Kier molecular flexibility index (Phi) is 4.31. The second-order valence-electron chi connectivity index (χ2n) is 1.65. The first-order valence-electron chi connectivity index (χ1n) is 2.83. The van der Waals surface area contributed by atoms with E-state index in [-0.39, 0.29) is 0 Å². The van der Waals surface area contributed by atoms with E-state index in [0.29, 0.717) is 5.57 Å². The molecule has 0 aromatic carbocycles. The molecule has 0 fully saturated rings. The van der Waals surface area contributed by atoms with E-state index >= 15 is 0 Å². The molecule has 0 aliphatic rings. The molecule has 0 rings (SSSR count). The van der Waals surface area contributed by atoms with Crippen LogP contribution in [0.1, 0.15) is 0 Å². The van der Waals surface area contributed by atoms with Crippen molar-refractivity contribution in [3.8, 4) is 0 Å². The van der Waals surface area contributed by atoms with Gasteiger partial charge in [-0.3, -0.25) is 0 Å². The summed E-state index contributed by atoms with van der Waals surface area (Å²) < 4.78 is 0. The van der Waals surface area contributed by atoms with E-state index in [4.69, 9.17) is 15.9 Å². The fourth-order valence-electron chi connectivity index (χ4n) is 0.416. The average molecular weight is 152 g/mol. The molecule has 11 heavy (non-hydrogen) atoms. The van der Waals surface area contributed by atoms with Gasteiger partial charge in [-0.25, -0.2) is 4.79 Å². The maximum atomic E-state index is 9.98. The summed E-state index contributed by atoms with van der Waals surface area (Å²) in [6.07, 6.45) is 5.46. The van der Waals surface area contributed by atoms with Gasteiger partial charge in [0.2, 0.25) is 0 Å². The van der Waals surface area contributed by atoms with Gasteiger partial charge in [-0.1, -0.05) is 0 Å². The lowest BCUT2D eigenvalue weighted by atomic mass is 10.2. The Balaban J connectivity index is 4.30. The van der Waals surface area contributed by atoms with Crippen molar-refractivity contribution in [1.82, 2.24) is 0 Å². The number of rotatable bonds is 4. The van der Waals surface area contributed by atoms with Gasteiger partial charge in [-0.2, -0.15) is 0 Å². The number of carboxylic acids is 1. The first kappa shape index (κ1) is 9.29. The second-order valence-corrected chi connectivity index (χ2v) is 1.65. The second kappa shape index (κ2) is 5.10. The molecule has 0 heterocycles. The van der Waals surface area contributed by atoms with Crippen molar-refractivity contribution in [2.24, 2.45) is 0 Å². The van der Waals surface area contributed by atoms with Crippen LogP contribution >= 0.6 is 0 Å². The van der Waals surface area contributed by atoms with Gasteiger partial charge in [0.05, 0.1) is 0 Å². The van der Waals surface area contributed by atoms with Crippen molar-refractivity contribution in [3.63, 3.8) is 0 Å². The van der Waals surface area contributed by atoms with E-state index in [1.807, 2.05) is 0 Å². The largest absolute Gasteiger partial charge is 0.478 e. The Morgan fingerprint density at radius 3 is 2.27 bits per heavy atom. The van der Waals surface area contributed by atoms with Gasteiger partial charge in [0.15, 0.2) is 0 Å². The average Bonchev–Trinajstić information content (AvgIpc) is 1.97. The van der Waals surface area contributed by atoms with Crippen molar-refractivity contribution < 1.29 is 9.90 Å². The highest BCUT2D eigenvalue weighted by molar-refractivity contribution is 5.90. The molecule has 4 heteroatoms. The van der Waals surface area contributed by atoms with Crippen LogP contribution in [0.25, 0.3) is 0 Å². The molecule has 0 aromatic heterocycles. The van der Waals surface area contributed by atoms with Crippen molar-refractivity contribution in [2.45, 2.75) is 0 Å². The highest BCUT2D eigenvalue weighted by atomic mass is 16.4. The highest BCUT2D eigenvalue weighted by Crippen LogP contribution is 1.90. The number of carbonyl (C=O) groups is 1. The third-order valence-electron chi connectivity index (χ3n) is 0.861. The van der Waals surface area contributed by atoms with E-state index in [9.17, 15) is 4.79 Å². The Labute approximate surface area is 63.9 Å². The topological polar surface area (TPSA) is 85.0 Å². The number of nitrogens with one attached hydrogen (secondary N) is 2. The molecule has 0 aliphatic carbocycles. The Morgan fingerprint density at radius 1 is 1.27 bits per heavy atom. The van der Waals surface area contributed by atoms with Gasteiger partial charge < -0.3 is 15.9 Å². The lowest BCUT2D eigenvalue weighted by Crippen LogP contribution is -1.87. The zero-order chi connectivity index (χ0) is 8.69. The van der Waals surface area contributed by atoms with Crippen LogP contribution in [0.2, 0.25) is 0 Å². The van der Waals surface area contributed by atoms with E-state index in [0.717, 1.165) is 18.5 Å². The Bertz CT molecular complexity index is 229. The quantitative estimate of drug-likeness (QED) is 0.317. The third kappa shape index (κ3) is 4.77. The number of carboxylic acid groups (broad SMARTS) is 1. The molecule has 0 bridgehead atoms. The van der Waals surface area contributed by atoms with Crippen molar-refractivity contribution >= 4 is 18.4 Å². The van der Waals surface area contributed by atoms with E-state index in [2.05, 4.69) is 0 Å². The molecule has 4 nitrogen and oxygen atoms in total. The Morgan fingerprint density at radius 2 is 1.91 bits per heavy atom. The zero-order valence-electron chi connectivity index (χ0n) is 5.74. The van der Waals surface area contributed by atoms with Gasteiger partial charge in [-0.05, 0) is 17.7 Å². The molecule has 0 atom stereocenters. The fraction of sp³-hybridized carbons (Fsp3) is 0. The number of aliphatic carboxylic acids is 1. The van der Waals surface area contributed by atoms with E-state index < -0.39 is 5.97 Å². The molecule has 3 N–H and O–H groups in total. The maximum absolute atomic E-state index is 9.98. The molecule has 0 saturated heterocycles. The van der Waals surface area contributed by atoms with E-state index in [1.54, 1.807) is 0 Å². The van der Waals surface area contributed by atoms with Crippen LogP contribution in [0.3, 0.4) is 0 Å². The van der Waals surface area contributed by atoms with Crippen molar-refractivity contribution in [3.05, 3.63) is 23.8 Å². The lowest BCUT2D eigenvalue weighted by molar-refractivity contribution is -0.131. The van der Waals surface area contributed by atoms with Crippen molar-refractivity contribution in [1.29, 1.82) is 10.8 Å². The van der Waals surface area contributed by atoms with Crippen LogP contribution < -0.4 is 0 Å². The minimum atomic E-state index is -1.07. The van der Waals surface area contributed by atoms with Crippen LogP contribution in [0.4, 0.5) is 0 Å². The van der Waals surface area contributed by atoms with Crippen molar-refractivity contribution in [2.75, 3.05) is 0 Å². The Hall–Kier alpha value is -1.71. The van der Waals surface area contributed by atoms with E-state index in [1.165, 1.54) is 12.2 Å². The molecule has 0 aliphatic heterocycles. The minimum absolute atomic E-state index is 0.377. The molecular weight excluding hydrogens is 144 g/mol. The molecular formula is C7H8N2O2. The molecule has 0 spiro atoms. The standard InChI is InChI=1S/C7H8N2O2/c8-4-3-6(5-9)1-2-7(10)11/h1-5,8-9H,(H,10,11)/b2-1+,6-3-,8-4?,9-5?. The molecule has 0 unspecified atom stereocenters. The van der Waals surface area contributed by atoms with Gasteiger partial charge in [0.1, 0.15) is 0 Å². The lowest BCUT2D eigenvalue weighted by Gasteiger charge is -1.85. The fourth-order valence-corrected chi connectivity index (χ4v) is 0.416. The summed E-state index contributed by atoms with van der Waals surface area (Å²) in [5.41, 5.74) is 0.377. The molecule has 0 amide bonds. The summed E-state index contributed by atoms with van der Waals surface area (Å²) in [6.45, 7) is 0. The predicted octanol–water partition coefficient (Wildman–Crippen LogP) is 0.853. The smallest absolute Gasteiger partial charge is 0.328 e. The summed E-state index contributed by atoms with van der Waals surface area (Å²) in [5, 5.41) is 21.6. The molecule has 58 valence electrons. The first-order chi connectivity index (χ1) is 5.20. The predicted molar refractivity (Wildman–Crippen MR) is 42.4 cm³/mol. The summed E-state index contributed by atoms with van der Waals surface area (Å²) in [4.78, 5) is 9.98. The molecule has 0 saturated carbocycles. The van der Waals surface area contributed by atoms with Gasteiger partial charge in [-0.15, -0.1) is 0 Å². The maximum Gasteiger partial charge on any atom is 0.328 e. The summed E-state index contributed by atoms with van der Waals surface area (Å²) in [5.74, 6) is -1.07. The monoisotopic (exact) mass is 152 g/mol. The first-order valence-corrected chi connectivity index (χ1v) is 2.83. The van der Waals surface area contributed by atoms with Gasteiger partial charge >= 0.3 is 5.97 Å². The summed E-state index contributed by atoms with van der Waals surface area (Å²) in [6, 6.07) is 0. The minimum Gasteiger partial charge on any atom is -0.478 e. The molecule has 0 radical (unpaired) electrons. The van der Waals surface area contributed by atoms with Crippen LogP contribution in [0.15, 0.2) is 23.8 Å². The van der Waals surface area contributed by atoms with Gasteiger partial charge in [0, 0.05) is 18.5 Å². The van der Waals surface area contributed by atoms with Crippen LogP contribution in [-0.2, 0) is 4.79 Å². The zero-order valence-corrected chi connectivity index (χ0v) is 5.74. The van der Waals surface area contributed by atoms with Crippen LogP contribution in [0, 0.1) is 10.8 Å².